The molecule has 0 fully saturated rings. The van der Waals surface area contributed by atoms with Crippen molar-refractivity contribution in [3.8, 4) is 11.5 Å². The highest BCUT2D eigenvalue weighted by molar-refractivity contribution is 5.48. The van der Waals surface area contributed by atoms with E-state index in [4.69, 9.17) is 15.2 Å². The van der Waals surface area contributed by atoms with Crippen LogP contribution in [-0.4, -0.2) is 19.4 Å². The molecule has 0 spiro atoms. The summed E-state index contributed by atoms with van der Waals surface area (Å²) in [6.45, 7) is 0.716. The van der Waals surface area contributed by atoms with Gasteiger partial charge in [-0.3, -0.25) is 0 Å². The maximum absolute atomic E-state index is 12.3. The molecule has 2 rings (SSSR count). The van der Waals surface area contributed by atoms with E-state index < -0.39 is 18.6 Å². The molecule has 0 saturated carbocycles. The van der Waals surface area contributed by atoms with E-state index in [9.17, 15) is 13.2 Å². The molecule has 3 nitrogen and oxygen atoms in total. The predicted molar refractivity (Wildman–Crippen MR) is 55.0 cm³/mol. The number of fused-ring (bicyclic) bond motifs is 1. The predicted octanol–water partition coefficient (Wildman–Crippen LogP) is 2.41. The van der Waals surface area contributed by atoms with Crippen molar-refractivity contribution in [2.24, 2.45) is 5.73 Å². The number of alkyl halides is 3. The van der Waals surface area contributed by atoms with Gasteiger partial charge in [0.15, 0.2) is 11.5 Å². The minimum absolute atomic E-state index is 0.322. The molecule has 2 N–H and O–H groups in total. The van der Waals surface area contributed by atoms with Gasteiger partial charge in [0, 0.05) is 11.6 Å². The first-order valence-electron chi connectivity index (χ1n) is 5.18. The molecule has 0 saturated heterocycles. The fraction of sp³-hybridized carbons (Fsp3) is 0.455. The van der Waals surface area contributed by atoms with Crippen LogP contribution in [0, 0.1) is 0 Å². The van der Waals surface area contributed by atoms with E-state index in [0.29, 0.717) is 30.3 Å². The molecule has 0 aliphatic carbocycles. The monoisotopic (exact) mass is 247 g/mol. The van der Waals surface area contributed by atoms with Crippen LogP contribution in [0.5, 0.6) is 11.5 Å². The molecule has 1 aliphatic heterocycles. The molecule has 6 heteroatoms. The summed E-state index contributed by atoms with van der Waals surface area (Å²) >= 11 is 0. The number of hydrogen-bond donors (Lipinski definition) is 1. The summed E-state index contributed by atoms with van der Waals surface area (Å²) in [5.41, 5.74) is 5.88. The molecule has 0 amide bonds. The van der Waals surface area contributed by atoms with Gasteiger partial charge >= 0.3 is 6.18 Å². The zero-order valence-electron chi connectivity index (χ0n) is 8.96. The van der Waals surface area contributed by atoms with Crippen molar-refractivity contribution in [1.29, 1.82) is 0 Å². The highest BCUT2D eigenvalue weighted by atomic mass is 19.4. The second kappa shape index (κ2) is 4.44. The maximum atomic E-state index is 12.3. The van der Waals surface area contributed by atoms with E-state index in [1.807, 2.05) is 0 Å². The number of rotatable bonds is 2. The van der Waals surface area contributed by atoms with Gasteiger partial charge in [-0.25, -0.2) is 0 Å². The van der Waals surface area contributed by atoms with Crippen molar-refractivity contribution in [3.05, 3.63) is 23.8 Å². The molecule has 17 heavy (non-hydrogen) atoms. The summed E-state index contributed by atoms with van der Waals surface area (Å²) in [6.07, 6.45) is -5.37. The summed E-state index contributed by atoms with van der Waals surface area (Å²) in [7, 11) is 0. The minimum atomic E-state index is -4.29. The van der Waals surface area contributed by atoms with Gasteiger partial charge in [0.1, 0.15) is 13.2 Å². The highest BCUT2D eigenvalue weighted by Gasteiger charge is 2.32. The van der Waals surface area contributed by atoms with Crippen LogP contribution in [0.4, 0.5) is 13.2 Å². The quantitative estimate of drug-likeness (QED) is 0.872. The third kappa shape index (κ3) is 2.82. The lowest BCUT2D eigenvalue weighted by atomic mass is 10.0. The Labute approximate surface area is 96.3 Å². The Morgan fingerprint density at radius 1 is 1.24 bits per heavy atom. The Hall–Kier alpha value is -1.43. The van der Waals surface area contributed by atoms with E-state index in [-0.39, 0.29) is 0 Å². The van der Waals surface area contributed by atoms with Crippen LogP contribution in [0.2, 0.25) is 0 Å². The lowest BCUT2D eigenvalue weighted by molar-refractivity contribution is -0.138. The van der Waals surface area contributed by atoms with Gasteiger partial charge in [-0.05, 0) is 6.07 Å². The molecule has 1 atom stereocenters. The normalized spacial score (nSPS) is 16.7. The maximum Gasteiger partial charge on any atom is 0.390 e. The molecule has 1 aromatic rings. The van der Waals surface area contributed by atoms with Gasteiger partial charge in [0.25, 0.3) is 0 Å². The van der Waals surface area contributed by atoms with Crippen molar-refractivity contribution in [2.45, 2.75) is 18.6 Å². The van der Waals surface area contributed by atoms with Crippen molar-refractivity contribution < 1.29 is 22.6 Å². The molecule has 1 aliphatic rings. The Kier molecular flexibility index (Phi) is 3.15. The Balaban J connectivity index is 2.26. The van der Waals surface area contributed by atoms with Gasteiger partial charge in [-0.15, -0.1) is 0 Å². The van der Waals surface area contributed by atoms with Crippen molar-refractivity contribution in [1.82, 2.24) is 0 Å². The third-order valence-corrected chi connectivity index (χ3v) is 2.45. The molecule has 1 aromatic carbocycles. The summed E-state index contributed by atoms with van der Waals surface area (Å²) in [4.78, 5) is 0. The Morgan fingerprint density at radius 2 is 1.94 bits per heavy atom. The number of ether oxygens (including phenoxy) is 2. The number of benzene rings is 1. The van der Waals surface area contributed by atoms with Crippen molar-refractivity contribution in [2.75, 3.05) is 13.2 Å². The first kappa shape index (κ1) is 12.0. The molecule has 0 bridgehead atoms. The standard InChI is InChI=1S/C11H12F3NO2/c12-11(13,14)6-8(15)7-2-1-3-9-10(7)17-5-4-16-9/h1-3,8H,4-6,15H2/t8-/m0/s1. The zero-order chi connectivity index (χ0) is 12.5. The molecular weight excluding hydrogens is 235 g/mol. The zero-order valence-corrected chi connectivity index (χ0v) is 8.96. The fourth-order valence-electron chi connectivity index (χ4n) is 1.75. The highest BCUT2D eigenvalue weighted by Crippen LogP contribution is 2.39. The van der Waals surface area contributed by atoms with Gasteiger partial charge in [0.2, 0.25) is 0 Å². The lowest BCUT2D eigenvalue weighted by Gasteiger charge is -2.23. The van der Waals surface area contributed by atoms with Crippen molar-refractivity contribution in [3.63, 3.8) is 0 Å². The summed E-state index contributed by atoms with van der Waals surface area (Å²) in [5, 5.41) is 0. The number of halogens is 3. The summed E-state index contributed by atoms with van der Waals surface area (Å²) in [6, 6.07) is 3.66. The van der Waals surface area contributed by atoms with E-state index in [2.05, 4.69) is 0 Å². The van der Waals surface area contributed by atoms with Crippen LogP contribution in [0.1, 0.15) is 18.0 Å². The molecule has 1 heterocycles. The SMILES string of the molecule is N[C@@H](CC(F)(F)F)c1cccc2c1OCCO2. The molecular formula is C11H12F3NO2. The van der Waals surface area contributed by atoms with Crippen LogP contribution in [0.3, 0.4) is 0 Å². The average molecular weight is 247 g/mol. The van der Waals surface area contributed by atoms with E-state index in [1.165, 1.54) is 6.07 Å². The molecule has 0 aromatic heterocycles. The van der Waals surface area contributed by atoms with Crippen LogP contribution in [-0.2, 0) is 0 Å². The van der Waals surface area contributed by atoms with Crippen LogP contribution < -0.4 is 15.2 Å². The minimum Gasteiger partial charge on any atom is -0.486 e. The molecule has 0 radical (unpaired) electrons. The molecule has 0 unspecified atom stereocenters. The topological polar surface area (TPSA) is 44.5 Å². The second-order valence-corrected chi connectivity index (χ2v) is 3.80. The van der Waals surface area contributed by atoms with E-state index >= 15 is 0 Å². The number of nitrogens with two attached hydrogens (primary N) is 1. The van der Waals surface area contributed by atoms with E-state index in [1.54, 1.807) is 12.1 Å². The Bertz CT molecular complexity index is 406. The van der Waals surface area contributed by atoms with Gasteiger partial charge in [-0.1, -0.05) is 12.1 Å². The van der Waals surface area contributed by atoms with Crippen LogP contribution in [0.25, 0.3) is 0 Å². The number of para-hydroxylation sites is 1. The van der Waals surface area contributed by atoms with Gasteiger partial charge < -0.3 is 15.2 Å². The summed E-state index contributed by atoms with van der Waals surface area (Å²) < 4.78 is 47.4. The third-order valence-electron chi connectivity index (χ3n) is 2.45. The van der Waals surface area contributed by atoms with Crippen LogP contribution >= 0.6 is 0 Å². The fourth-order valence-corrected chi connectivity index (χ4v) is 1.75. The van der Waals surface area contributed by atoms with Crippen molar-refractivity contribution >= 4 is 0 Å². The largest absolute Gasteiger partial charge is 0.486 e. The Morgan fingerprint density at radius 3 is 2.65 bits per heavy atom. The first-order valence-corrected chi connectivity index (χ1v) is 5.18. The van der Waals surface area contributed by atoms with Gasteiger partial charge in [0.05, 0.1) is 6.42 Å². The van der Waals surface area contributed by atoms with Crippen LogP contribution in [0.15, 0.2) is 18.2 Å². The lowest BCUT2D eigenvalue weighted by Crippen LogP contribution is -2.23. The smallest absolute Gasteiger partial charge is 0.390 e. The van der Waals surface area contributed by atoms with Gasteiger partial charge in [-0.2, -0.15) is 13.2 Å². The summed E-state index contributed by atoms with van der Waals surface area (Å²) in [5.74, 6) is 0.780. The number of hydrogen-bond acceptors (Lipinski definition) is 3. The average Bonchev–Trinajstić information content (AvgIpc) is 2.26. The second-order valence-electron chi connectivity index (χ2n) is 3.80. The molecule has 94 valence electrons. The van der Waals surface area contributed by atoms with E-state index in [0.717, 1.165) is 0 Å². The first-order chi connectivity index (χ1) is 7.97.